The van der Waals surface area contributed by atoms with Gasteiger partial charge in [0.1, 0.15) is 5.82 Å². The molecule has 3 N–H and O–H groups in total. The molecule has 1 atom stereocenters. The molecule has 1 aliphatic heterocycles. The molecule has 4 rings (SSSR count). The van der Waals surface area contributed by atoms with Gasteiger partial charge in [0, 0.05) is 61.5 Å². The Morgan fingerprint density at radius 2 is 1.85 bits per heavy atom. The van der Waals surface area contributed by atoms with Gasteiger partial charge in [-0.3, -0.25) is 9.78 Å². The van der Waals surface area contributed by atoms with E-state index in [1.54, 1.807) is 6.20 Å². The van der Waals surface area contributed by atoms with Crippen LogP contribution in [0.15, 0.2) is 42.7 Å². The Bertz CT molecular complexity index is 1160. The molecule has 1 amide bonds. The van der Waals surface area contributed by atoms with E-state index in [4.69, 9.17) is 9.90 Å². The zero-order chi connectivity index (χ0) is 24.3. The molecule has 0 saturated carbocycles. The van der Waals surface area contributed by atoms with Crippen molar-refractivity contribution in [3.05, 3.63) is 54.0 Å². The molecule has 0 saturated heterocycles. The third kappa shape index (κ3) is 5.68. The number of carboxylic acid groups (broad SMARTS) is 1. The summed E-state index contributed by atoms with van der Waals surface area (Å²) in [5.74, 6) is -1.87. The normalized spacial score (nSPS) is 15.1. The highest BCUT2D eigenvalue weighted by Gasteiger charge is 2.38. The number of carboxylic acids is 1. The highest BCUT2D eigenvalue weighted by molar-refractivity contribution is 5.98. The molecule has 174 valence electrons. The Hall–Kier alpha value is -3.89. The number of nitrogens with zero attached hydrogens (tertiary/aromatic N) is 3. The number of pyridine rings is 2. The summed E-state index contributed by atoms with van der Waals surface area (Å²) in [6.45, 7) is 2.01. The van der Waals surface area contributed by atoms with Crippen molar-refractivity contribution in [3.8, 4) is 22.5 Å². The van der Waals surface area contributed by atoms with Gasteiger partial charge in [0.2, 0.25) is 0 Å². The first-order chi connectivity index (χ1) is 15.5. The van der Waals surface area contributed by atoms with Crippen LogP contribution in [0.3, 0.4) is 0 Å². The van der Waals surface area contributed by atoms with Gasteiger partial charge in [-0.15, -0.1) is 0 Å². The number of carbonyl (C=O) groups excluding carboxylic acids is 1. The second kappa shape index (κ2) is 9.31. The number of rotatable bonds is 3. The van der Waals surface area contributed by atoms with Crippen molar-refractivity contribution in [2.24, 2.45) is 0 Å². The Morgan fingerprint density at radius 1 is 1.15 bits per heavy atom. The number of hydrogen-bond acceptors (Lipinski definition) is 5. The molecule has 0 aliphatic carbocycles. The molecule has 8 nitrogen and oxygen atoms in total. The van der Waals surface area contributed by atoms with Crippen molar-refractivity contribution >= 4 is 17.7 Å². The molecular weight excluding hydrogens is 439 g/mol. The molecule has 33 heavy (non-hydrogen) atoms. The highest BCUT2D eigenvalue weighted by Crippen LogP contribution is 2.28. The number of aliphatic carboxylic acids is 1. The molecule has 4 heterocycles. The van der Waals surface area contributed by atoms with Gasteiger partial charge in [0.05, 0.1) is 11.3 Å². The number of anilines is 1. The summed E-state index contributed by atoms with van der Waals surface area (Å²) in [6.07, 6.45) is -0.654. The topological polar surface area (TPSA) is 111 Å². The first-order valence-corrected chi connectivity index (χ1v) is 9.88. The average Bonchev–Trinajstić information content (AvgIpc) is 3.18. The summed E-state index contributed by atoms with van der Waals surface area (Å²) < 4.78 is 31.7. The second-order valence-corrected chi connectivity index (χ2v) is 7.69. The number of carbonyl (C=O) groups is 2. The molecule has 11 heteroatoms. The van der Waals surface area contributed by atoms with Crippen molar-refractivity contribution in [1.29, 1.82) is 0 Å². The lowest BCUT2D eigenvalue weighted by atomic mass is 10.0. The lowest BCUT2D eigenvalue weighted by Gasteiger charge is -2.19. The predicted octanol–water partition coefficient (Wildman–Crippen LogP) is 3.51. The van der Waals surface area contributed by atoms with E-state index >= 15 is 0 Å². The van der Waals surface area contributed by atoms with E-state index in [1.807, 2.05) is 62.4 Å². The van der Waals surface area contributed by atoms with Crippen LogP contribution in [0.4, 0.5) is 19.0 Å². The molecule has 1 unspecified atom stereocenters. The van der Waals surface area contributed by atoms with E-state index in [0.29, 0.717) is 0 Å². The van der Waals surface area contributed by atoms with Crippen LogP contribution in [-0.4, -0.2) is 58.2 Å². The number of fused-ring (bicyclic) bond motifs is 1. The highest BCUT2D eigenvalue weighted by atomic mass is 19.4. The smallest absolute Gasteiger partial charge is 0.475 e. The Morgan fingerprint density at radius 3 is 2.42 bits per heavy atom. The summed E-state index contributed by atoms with van der Waals surface area (Å²) in [7, 11) is 3.93. The van der Waals surface area contributed by atoms with Gasteiger partial charge in [-0.25, -0.2) is 9.78 Å². The lowest BCUT2D eigenvalue weighted by Crippen LogP contribution is -2.38. The summed E-state index contributed by atoms with van der Waals surface area (Å²) >= 11 is 0. The monoisotopic (exact) mass is 461 g/mol. The quantitative estimate of drug-likeness (QED) is 0.551. The summed E-state index contributed by atoms with van der Waals surface area (Å²) in [6, 6.07) is 10.0. The van der Waals surface area contributed by atoms with Gasteiger partial charge in [-0.05, 0) is 37.3 Å². The third-order valence-corrected chi connectivity index (χ3v) is 4.85. The van der Waals surface area contributed by atoms with Crippen molar-refractivity contribution in [2.75, 3.05) is 19.0 Å². The van der Waals surface area contributed by atoms with E-state index in [1.165, 1.54) is 0 Å². The van der Waals surface area contributed by atoms with Crippen LogP contribution in [0.1, 0.15) is 23.0 Å². The second-order valence-electron chi connectivity index (χ2n) is 7.69. The van der Waals surface area contributed by atoms with Gasteiger partial charge in [-0.2, -0.15) is 13.2 Å². The number of halogens is 3. The molecule has 0 aromatic carbocycles. The van der Waals surface area contributed by atoms with Gasteiger partial charge < -0.3 is 20.3 Å². The predicted molar refractivity (Wildman–Crippen MR) is 116 cm³/mol. The van der Waals surface area contributed by atoms with Crippen LogP contribution in [0.2, 0.25) is 0 Å². The fraction of sp³-hybridized carbons (Fsp3) is 0.273. The number of alkyl halides is 3. The maximum absolute atomic E-state index is 12.2. The molecule has 0 spiro atoms. The average molecular weight is 461 g/mol. The van der Waals surface area contributed by atoms with Gasteiger partial charge in [0.25, 0.3) is 5.91 Å². The fourth-order valence-corrected chi connectivity index (χ4v) is 3.23. The van der Waals surface area contributed by atoms with Crippen LogP contribution in [0, 0.1) is 0 Å². The third-order valence-electron chi connectivity index (χ3n) is 4.85. The first-order valence-electron chi connectivity index (χ1n) is 9.88. The minimum atomic E-state index is -5.08. The van der Waals surface area contributed by atoms with Gasteiger partial charge in [0.15, 0.2) is 0 Å². The van der Waals surface area contributed by atoms with E-state index < -0.39 is 12.1 Å². The Balaban J connectivity index is 0.000000383. The van der Waals surface area contributed by atoms with E-state index in [-0.39, 0.29) is 11.9 Å². The minimum absolute atomic E-state index is 0.0148. The molecule has 3 aromatic heterocycles. The number of aromatic nitrogens is 3. The zero-order valence-corrected chi connectivity index (χ0v) is 18.1. The molecule has 0 bridgehead atoms. The maximum Gasteiger partial charge on any atom is 0.490 e. The molecule has 0 radical (unpaired) electrons. The standard InChI is InChI=1S/C20H21N5O.C2HF3O2/c1-12-8-18-15(20(26)23-12)10-17(24-18)13-6-7-21-16(9-13)14-4-5-19(22-11-14)25(2)3;3-2(4,5)1(6)7/h4-7,9-12,24H,8H2,1-3H3,(H,23,26);(H,6,7). The summed E-state index contributed by atoms with van der Waals surface area (Å²) in [4.78, 5) is 35.3. The van der Waals surface area contributed by atoms with Crippen LogP contribution in [0.25, 0.3) is 22.5 Å². The van der Waals surface area contributed by atoms with Crippen LogP contribution < -0.4 is 10.2 Å². The number of hydrogen-bond donors (Lipinski definition) is 3. The maximum atomic E-state index is 12.2. The van der Waals surface area contributed by atoms with Crippen molar-refractivity contribution in [3.63, 3.8) is 0 Å². The van der Waals surface area contributed by atoms with Gasteiger partial charge in [-0.1, -0.05) is 0 Å². The fourth-order valence-electron chi connectivity index (χ4n) is 3.23. The van der Waals surface area contributed by atoms with E-state index in [0.717, 1.165) is 46.0 Å². The van der Waals surface area contributed by atoms with E-state index in [2.05, 4.69) is 20.3 Å². The van der Waals surface area contributed by atoms with Crippen molar-refractivity contribution in [1.82, 2.24) is 20.3 Å². The van der Waals surface area contributed by atoms with Gasteiger partial charge >= 0.3 is 12.1 Å². The largest absolute Gasteiger partial charge is 0.490 e. The number of nitrogens with one attached hydrogen (secondary N) is 2. The van der Waals surface area contributed by atoms with Crippen LogP contribution in [0.5, 0.6) is 0 Å². The lowest BCUT2D eigenvalue weighted by molar-refractivity contribution is -0.192. The Kier molecular flexibility index (Phi) is 6.70. The van der Waals surface area contributed by atoms with Crippen LogP contribution >= 0.6 is 0 Å². The Labute approximate surface area is 187 Å². The number of H-pyrrole nitrogens is 1. The number of aromatic amines is 1. The first kappa shape index (κ1) is 23.8. The molecule has 0 fully saturated rings. The van der Waals surface area contributed by atoms with Crippen molar-refractivity contribution < 1.29 is 27.9 Å². The SMILES string of the molecule is CC1Cc2[nH]c(-c3ccnc(-c4ccc(N(C)C)nc4)c3)cc2C(=O)N1.O=C(O)C(F)(F)F. The summed E-state index contributed by atoms with van der Waals surface area (Å²) in [5, 5.41) is 10.1. The zero-order valence-electron chi connectivity index (χ0n) is 18.1. The molecular formula is C22H22F3N5O3. The van der Waals surface area contributed by atoms with Crippen LogP contribution in [-0.2, 0) is 11.2 Å². The number of amides is 1. The van der Waals surface area contributed by atoms with E-state index in [9.17, 15) is 18.0 Å². The summed E-state index contributed by atoms with van der Waals surface area (Å²) in [5.41, 5.74) is 5.47. The minimum Gasteiger partial charge on any atom is -0.475 e. The molecule has 1 aliphatic rings. The molecule has 3 aromatic rings. The van der Waals surface area contributed by atoms with Crippen molar-refractivity contribution in [2.45, 2.75) is 25.6 Å².